The van der Waals surface area contributed by atoms with Crippen molar-refractivity contribution in [3.8, 4) is 0 Å². The van der Waals surface area contributed by atoms with E-state index in [4.69, 9.17) is 0 Å². The van der Waals surface area contributed by atoms with Crippen molar-refractivity contribution in [2.24, 2.45) is 0 Å². The largest absolute Gasteiger partial charge is 0.276 e. The fourth-order valence-corrected chi connectivity index (χ4v) is 6.19. The van der Waals surface area contributed by atoms with E-state index < -0.39 is 10.0 Å². The molecular formula is C18H21N7O3S3. The number of hydrogen-bond donors (Lipinski definition) is 0. The Morgan fingerprint density at radius 3 is 2.65 bits per heavy atom. The van der Waals surface area contributed by atoms with E-state index in [2.05, 4.69) is 20.3 Å². The van der Waals surface area contributed by atoms with Gasteiger partial charge in [0.15, 0.2) is 10.8 Å². The molecule has 31 heavy (non-hydrogen) atoms. The van der Waals surface area contributed by atoms with Gasteiger partial charge in [0.25, 0.3) is 5.56 Å². The normalized spacial score (nSPS) is 12.4. The molecule has 0 fully saturated rings. The summed E-state index contributed by atoms with van der Waals surface area (Å²) in [7, 11) is -3.60. The van der Waals surface area contributed by atoms with E-state index in [9.17, 15) is 13.2 Å². The van der Waals surface area contributed by atoms with Crippen LogP contribution < -0.4 is 5.56 Å². The van der Waals surface area contributed by atoms with Crippen LogP contribution in [0.1, 0.15) is 31.5 Å². The summed E-state index contributed by atoms with van der Waals surface area (Å²) in [6.07, 6.45) is 2.27. The van der Waals surface area contributed by atoms with E-state index in [1.54, 1.807) is 24.3 Å². The van der Waals surface area contributed by atoms with Gasteiger partial charge in [0.2, 0.25) is 15.0 Å². The van der Waals surface area contributed by atoms with Crippen LogP contribution in [0.25, 0.3) is 10.6 Å². The SMILES string of the molecule is CCc1nn2c(=O)cc(CSc3nnc4ccc(S(=O)(=O)N(CC)CC)cn34)nc2s1. The topological polar surface area (TPSA) is 115 Å². The molecule has 0 saturated heterocycles. The minimum absolute atomic E-state index is 0.180. The highest BCUT2D eigenvalue weighted by atomic mass is 32.2. The van der Waals surface area contributed by atoms with Crippen molar-refractivity contribution in [2.75, 3.05) is 13.1 Å². The molecule has 0 aliphatic carbocycles. The van der Waals surface area contributed by atoms with Crippen LogP contribution in [0.4, 0.5) is 0 Å². The van der Waals surface area contributed by atoms with Crippen LogP contribution in [-0.2, 0) is 22.2 Å². The average Bonchev–Trinajstić information content (AvgIpc) is 3.36. The number of aryl methyl sites for hydroxylation is 1. The first-order valence-electron chi connectivity index (χ1n) is 9.73. The van der Waals surface area contributed by atoms with Gasteiger partial charge >= 0.3 is 0 Å². The first-order valence-corrected chi connectivity index (χ1v) is 13.0. The minimum Gasteiger partial charge on any atom is -0.276 e. The minimum atomic E-state index is -3.60. The van der Waals surface area contributed by atoms with E-state index in [1.807, 2.05) is 6.92 Å². The van der Waals surface area contributed by atoms with E-state index in [-0.39, 0.29) is 10.5 Å². The summed E-state index contributed by atoms with van der Waals surface area (Å²) in [6, 6.07) is 4.63. The maximum Gasteiger partial charge on any atom is 0.275 e. The van der Waals surface area contributed by atoms with Gasteiger partial charge in [-0.25, -0.2) is 13.4 Å². The standard InChI is InChI=1S/C18H21N7O3S3/c1-4-15-22-25-16(26)9-12(19-17(25)30-15)11-29-18-21-20-14-8-7-13(10-24(14)18)31(27,28)23(5-2)6-3/h7-10H,4-6,11H2,1-3H3. The molecule has 0 radical (unpaired) electrons. The molecule has 0 aliphatic rings. The Morgan fingerprint density at radius 1 is 1.16 bits per heavy atom. The third-order valence-electron chi connectivity index (χ3n) is 4.68. The highest BCUT2D eigenvalue weighted by Gasteiger charge is 2.23. The lowest BCUT2D eigenvalue weighted by Gasteiger charge is -2.18. The van der Waals surface area contributed by atoms with Crippen molar-refractivity contribution in [2.45, 2.75) is 43.0 Å². The van der Waals surface area contributed by atoms with Crippen molar-refractivity contribution in [3.05, 3.63) is 45.5 Å². The summed E-state index contributed by atoms with van der Waals surface area (Å²) < 4.78 is 30.1. The van der Waals surface area contributed by atoms with Crippen LogP contribution in [0.2, 0.25) is 0 Å². The fraction of sp³-hybridized carbons (Fsp3) is 0.389. The Morgan fingerprint density at radius 2 is 1.94 bits per heavy atom. The molecule has 0 unspecified atom stereocenters. The Hall–Kier alpha value is -2.35. The number of thioether (sulfide) groups is 1. The Kier molecular flexibility index (Phi) is 6.10. The van der Waals surface area contributed by atoms with Crippen molar-refractivity contribution in [1.82, 2.24) is 33.5 Å². The number of aromatic nitrogens is 6. The average molecular weight is 480 g/mol. The molecule has 0 aromatic carbocycles. The van der Waals surface area contributed by atoms with Gasteiger partial charge < -0.3 is 0 Å². The van der Waals surface area contributed by atoms with Crippen LogP contribution in [0.15, 0.2) is 39.2 Å². The second-order valence-corrected chi connectivity index (χ2v) is 10.5. The summed E-state index contributed by atoms with van der Waals surface area (Å²) in [5, 5.41) is 13.9. The molecule has 0 spiro atoms. The molecule has 0 aliphatic heterocycles. The van der Waals surface area contributed by atoms with Gasteiger partial charge in [-0.3, -0.25) is 9.20 Å². The van der Waals surface area contributed by atoms with Crippen LogP contribution in [0.5, 0.6) is 0 Å². The van der Waals surface area contributed by atoms with Crippen molar-refractivity contribution < 1.29 is 8.42 Å². The zero-order chi connectivity index (χ0) is 22.2. The van der Waals surface area contributed by atoms with Gasteiger partial charge in [0.05, 0.1) is 10.6 Å². The number of rotatable bonds is 8. The molecule has 4 heterocycles. The lowest BCUT2D eigenvalue weighted by Crippen LogP contribution is -2.30. The van der Waals surface area contributed by atoms with Gasteiger partial charge in [-0.05, 0) is 18.6 Å². The van der Waals surface area contributed by atoms with Gasteiger partial charge in [-0.1, -0.05) is 43.9 Å². The molecule has 10 nitrogen and oxygen atoms in total. The highest BCUT2D eigenvalue weighted by Crippen LogP contribution is 2.24. The van der Waals surface area contributed by atoms with Crippen molar-refractivity contribution in [3.63, 3.8) is 0 Å². The molecular weight excluding hydrogens is 458 g/mol. The Labute approximate surface area is 187 Å². The summed E-state index contributed by atoms with van der Waals surface area (Å²) in [5.41, 5.74) is 0.916. The molecule has 0 amide bonds. The van der Waals surface area contributed by atoms with Gasteiger partial charge in [0, 0.05) is 31.1 Å². The fourth-order valence-electron chi connectivity index (χ4n) is 3.07. The summed E-state index contributed by atoms with van der Waals surface area (Å²) in [4.78, 5) is 17.6. The quantitative estimate of drug-likeness (QED) is 0.353. The first kappa shape index (κ1) is 21.9. The number of nitrogens with zero attached hydrogens (tertiary/aromatic N) is 7. The predicted molar refractivity (Wildman–Crippen MR) is 119 cm³/mol. The monoisotopic (exact) mass is 479 g/mol. The lowest BCUT2D eigenvalue weighted by molar-refractivity contribution is 0.445. The third-order valence-corrected chi connectivity index (χ3v) is 8.74. The molecule has 4 aromatic rings. The molecule has 13 heteroatoms. The molecule has 164 valence electrons. The van der Waals surface area contributed by atoms with Crippen LogP contribution in [0, 0.1) is 0 Å². The molecule has 0 bridgehead atoms. The lowest BCUT2D eigenvalue weighted by atomic mass is 10.4. The van der Waals surface area contributed by atoms with Crippen molar-refractivity contribution in [1.29, 1.82) is 0 Å². The van der Waals surface area contributed by atoms with E-state index in [0.29, 0.717) is 40.3 Å². The van der Waals surface area contributed by atoms with Gasteiger partial charge in [-0.2, -0.15) is 13.9 Å². The zero-order valence-electron chi connectivity index (χ0n) is 17.2. The van der Waals surface area contributed by atoms with E-state index in [1.165, 1.54) is 50.2 Å². The number of sulfonamides is 1. The Balaban J connectivity index is 1.63. The smallest absolute Gasteiger partial charge is 0.275 e. The second-order valence-electron chi connectivity index (χ2n) is 6.58. The second kappa shape index (κ2) is 8.65. The van der Waals surface area contributed by atoms with Crippen LogP contribution in [0.3, 0.4) is 0 Å². The van der Waals surface area contributed by atoms with Crippen molar-refractivity contribution >= 4 is 43.7 Å². The molecule has 0 saturated carbocycles. The van der Waals surface area contributed by atoms with Crippen LogP contribution in [-0.4, -0.2) is 55.0 Å². The number of pyridine rings is 1. The summed E-state index contributed by atoms with van der Waals surface area (Å²) in [6.45, 7) is 6.37. The molecule has 0 N–H and O–H groups in total. The highest BCUT2D eigenvalue weighted by molar-refractivity contribution is 7.98. The third kappa shape index (κ3) is 4.10. The van der Waals surface area contributed by atoms with E-state index in [0.717, 1.165) is 11.4 Å². The first-order chi connectivity index (χ1) is 14.9. The van der Waals surface area contributed by atoms with Gasteiger partial charge in [0.1, 0.15) is 5.01 Å². The van der Waals surface area contributed by atoms with Crippen LogP contribution >= 0.6 is 23.1 Å². The molecule has 4 rings (SSSR count). The number of hydrogen-bond acceptors (Lipinski definition) is 9. The number of fused-ring (bicyclic) bond motifs is 2. The zero-order valence-corrected chi connectivity index (χ0v) is 19.7. The maximum atomic E-state index is 12.9. The predicted octanol–water partition coefficient (Wildman–Crippen LogP) is 2.08. The Bertz CT molecular complexity index is 1400. The molecule has 4 aromatic heterocycles. The van der Waals surface area contributed by atoms with E-state index >= 15 is 0 Å². The van der Waals surface area contributed by atoms with Gasteiger partial charge in [-0.15, -0.1) is 10.2 Å². The summed E-state index contributed by atoms with van der Waals surface area (Å²) in [5.74, 6) is 0.388. The molecule has 0 atom stereocenters. The maximum absolute atomic E-state index is 12.9. The summed E-state index contributed by atoms with van der Waals surface area (Å²) >= 11 is 2.72.